The molecule has 1 fully saturated rings. The van der Waals surface area contributed by atoms with E-state index >= 15 is 0 Å². The highest BCUT2D eigenvalue weighted by Crippen LogP contribution is 2.32. The van der Waals surface area contributed by atoms with Gasteiger partial charge in [0.2, 0.25) is 5.89 Å². The van der Waals surface area contributed by atoms with Crippen molar-refractivity contribution in [1.29, 1.82) is 0 Å². The maximum atomic E-state index is 12.4. The van der Waals surface area contributed by atoms with Crippen molar-refractivity contribution < 1.29 is 22.8 Å². The van der Waals surface area contributed by atoms with Gasteiger partial charge >= 0.3 is 6.18 Å². The predicted molar refractivity (Wildman–Crippen MR) is 69.5 cm³/mol. The normalized spacial score (nSPS) is 23.1. The Morgan fingerprint density at radius 3 is 2.64 bits per heavy atom. The molecule has 1 aromatic carbocycles. The minimum absolute atomic E-state index is 0.0816. The fourth-order valence-electron chi connectivity index (χ4n) is 2.62. The van der Waals surface area contributed by atoms with Crippen molar-refractivity contribution in [2.24, 2.45) is 0 Å². The van der Waals surface area contributed by atoms with Gasteiger partial charge in [-0.15, -0.1) is 0 Å². The van der Waals surface area contributed by atoms with Crippen LogP contribution in [0.3, 0.4) is 0 Å². The molecule has 0 spiro atoms. The van der Waals surface area contributed by atoms with Crippen LogP contribution < -0.4 is 0 Å². The summed E-state index contributed by atoms with van der Waals surface area (Å²) in [6, 6.07) is 9.19. The summed E-state index contributed by atoms with van der Waals surface area (Å²) in [5.41, 5.74) is -0.215. The molecule has 0 radical (unpaired) electrons. The second-order valence-electron chi connectivity index (χ2n) is 5.37. The highest BCUT2D eigenvalue weighted by Gasteiger charge is 2.40. The third kappa shape index (κ3) is 2.97. The molecule has 0 aliphatic carbocycles. The van der Waals surface area contributed by atoms with E-state index in [1.165, 1.54) is 0 Å². The Balaban J connectivity index is 1.67. The largest absolute Gasteiger partial charge is 0.455 e. The van der Waals surface area contributed by atoms with Crippen molar-refractivity contribution in [3.63, 3.8) is 0 Å². The Labute approximate surface area is 124 Å². The summed E-state index contributed by atoms with van der Waals surface area (Å²) in [7, 11) is 0. The van der Waals surface area contributed by atoms with E-state index in [1.807, 2.05) is 30.3 Å². The minimum Gasteiger partial charge on any atom is -0.384 e. The highest BCUT2D eigenvalue weighted by molar-refractivity contribution is 5.24. The molecule has 0 saturated carbocycles. The van der Waals surface area contributed by atoms with Gasteiger partial charge in [-0.05, 0) is 12.0 Å². The number of rotatable bonds is 3. The van der Waals surface area contributed by atoms with Gasteiger partial charge in [-0.3, -0.25) is 4.90 Å². The summed E-state index contributed by atoms with van der Waals surface area (Å²) in [4.78, 5) is 5.13. The summed E-state index contributed by atoms with van der Waals surface area (Å²) in [6.45, 7) is 0.925. The molecule has 1 N–H and O–H groups in total. The van der Waals surface area contributed by atoms with Crippen LogP contribution in [0.2, 0.25) is 0 Å². The maximum Gasteiger partial charge on any atom is 0.455 e. The number of halogens is 3. The molecule has 8 heteroatoms. The molecular formula is C14H14F3N3O2. The van der Waals surface area contributed by atoms with Crippen molar-refractivity contribution in [2.45, 2.75) is 24.7 Å². The Kier molecular flexibility index (Phi) is 3.65. The summed E-state index contributed by atoms with van der Waals surface area (Å²) in [5.74, 6) is -1.38. The third-order valence-electron chi connectivity index (χ3n) is 3.72. The average Bonchev–Trinajstić information content (AvgIpc) is 3.08. The number of aliphatic hydroxyl groups is 1. The van der Waals surface area contributed by atoms with Crippen LogP contribution in [0.25, 0.3) is 0 Å². The molecule has 2 heterocycles. The maximum absolute atomic E-state index is 12.4. The number of hydrogen-bond acceptors (Lipinski definition) is 5. The van der Waals surface area contributed by atoms with Crippen molar-refractivity contribution >= 4 is 0 Å². The second kappa shape index (κ2) is 5.36. The number of aromatic nitrogens is 2. The van der Waals surface area contributed by atoms with Crippen molar-refractivity contribution in [1.82, 2.24) is 15.0 Å². The summed E-state index contributed by atoms with van der Waals surface area (Å²) in [5, 5.41) is 13.6. The van der Waals surface area contributed by atoms with E-state index in [-0.39, 0.29) is 12.4 Å². The second-order valence-corrected chi connectivity index (χ2v) is 5.37. The average molecular weight is 313 g/mol. The quantitative estimate of drug-likeness (QED) is 0.941. The highest BCUT2D eigenvalue weighted by atomic mass is 19.4. The Morgan fingerprint density at radius 2 is 2.00 bits per heavy atom. The molecule has 5 nitrogen and oxygen atoms in total. The van der Waals surface area contributed by atoms with Crippen molar-refractivity contribution in [3.05, 3.63) is 47.6 Å². The SMILES string of the molecule is O[C@@]1(c2ccccc2)CCN(Cc2nc(C(F)(F)F)no2)C1. The van der Waals surface area contributed by atoms with E-state index in [2.05, 4.69) is 14.7 Å². The fourth-order valence-corrected chi connectivity index (χ4v) is 2.62. The third-order valence-corrected chi connectivity index (χ3v) is 3.72. The molecule has 0 amide bonds. The number of alkyl halides is 3. The molecule has 0 bridgehead atoms. The molecule has 0 unspecified atom stereocenters. The molecule has 22 heavy (non-hydrogen) atoms. The minimum atomic E-state index is -4.61. The van der Waals surface area contributed by atoms with Gasteiger partial charge in [-0.2, -0.15) is 18.2 Å². The Morgan fingerprint density at radius 1 is 1.27 bits per heavy atom. The fraction of sp³-hybridized carbons (Fsp3) is 0.429. The van der Waals surface area contributed by atoms with Crippen LogP contribution in [-0.4, -0.2) is 33.2 Å². The Hall–Kier alpha value is -1.93. The van der Waals surface area contributed by atoms with E-state index in [0.29, 0.717) is 19.5 Å². The molecular weight excluding hydrogens is 299 g/mol. The van der Waals surface area contributed by atoms with Crippen molar-refractivity contribution in [2.75, 3.05) is 13.1 Å². The number of benzene rings is 1. The predicted octanol–water partition coefficient (Wildman–Crippen LogP) is 2.18. The van der Waals surface area contributed by atoms with E-state index in [9.17, 15) is 18.3 Å². The van der Waals surface area contributed by atoms with E-state index in [1.54, 1.807) is 4.90 Å². The smallest absolute Gasteiger partial charge is 0.384 e. The van der Waals surface area contributed by atoms with Crippen LogP contribution in [0.1, 0.15) is 23.7 Å². The molecule has 1 aromatic heterocycles. The van der Waals surface area contributed by atoms with Crippen LogP contribution in [0.4, 0.5) is 13.2 Å². The zero-order valence-electron chi connectivity index (χ0n) is 11.5. The summed E-state index contributed by atoms with van der Waals surface area (Å²) in [6.07, 6.45) is -4.12. The lowest BCUT2D eigenvalue weighted by atomic mass is 9.93. The first-order chi connectivity index (χ1) is 10.4. The molecule has 1 saturated heterocycles. The van der Waals surface area contributed by atoms with Gasteiger partial charge in [0.15, 0.2) is 0 Å². The first kappa shape index (κ1) is 15.0. The van der Waals surface area contributed by atoms with E-state index in [0.717, 1.165) is 5.56 Å². The van der Waals surface area contributed by atoms with Gasteiger partial charge < -0.3 is 9.63 Å². The number of hydrogen-bond donors (Lipinski definition) is 1. The van der Waals surface area contributed by atoms with Gasteiger partial charge in [0.1, 0.15) is 5.60 Å². The molecule has 1 aliphatic rings. The van der Waals surface area contributed by atoms with Crippen LogP contribution in [0, 0.1) is 0 Å². The van der Waals surface area contributed by atoms with Gasteiger partial charge in [-0.1, -0.05) is 35.5 Å². The van der Waals surface area contributed by atoms with E-state index in [4.69, 9.17) is 0 Å². The van der Waals surface area contributed by atoms with Crippen LogP contribution in [0.5, 0.6) is 0 Å². The molecule has 3 rings (SSSR count). The zero-order valence-corrected chi connectivity index (χ0v) is 11.5. The van der Waals surface area contributed by atoms with Crippen LogP contribution in [0.15, 0.2) is 34.9 Å². The Bertz CT molecular complexity index is 644. The topological polar surface area (TPSA) is 62.4 Å². The summed E-state index contributed by atoms with van der Waals surface area (Å²) < 4.78 is 41.9. The molecule has 1 atom stereocenters. The standard InChI is InChI=1S/C14H14F3N3O2/c15-14(16,17)12-18-11(22-19-12)8-20-7-6-13(21,9-20)10-4-2-1-3-5-10/h1-5,21H,6-9H2/t13-/m0/s1. The first-order valence-electron chi connectivity index (χ1n) is 6.77. The van der Waals surface area contributed by atoms with Gasteiger partial charge in [0, 0.05) is 13.1 Å². The summed E-state index contributed by atoms with van der Waals surface area (Å²) >= 11 is 0. The monoisotopic (exact) mass is 313 g/mol. The van der Waals surface area contributed by atoms with Gasteiger partial charge in [0.05, 0.1) is 6.54 Å². The lowest BCUT2D eigenvalue weighted by Crippen LogP contribution is -2.30. The lowest BCUT2D eigenvalue weighted by Gasteiger charge is -2.23. The van der Waals surface area contributed by atoms with Gasteiger partial charge in [0.25, 0.3) is 5.82 Å². The zero-order chi connectivity index (χ0) is 15.8. The molecule has 118 valence electrons. The molecule has 1 aliphatic heterocycles. The van der Waals surface area contributed by atoms with Crippen LogP contribution >= 0.6 is 0 Å². The lowest BCUT2D eigenvalue weighted by molar-refractivity contribution is -0.146. The van der Waals surface area contributed by atoms with Gasteiger partial charge in [-0.25, -0.2) is 0 Å². The molecule has 2 aromatic rings. The van der Waals surface area contributed by atoms with Crippen molar-refractivity contribution in [3.8, 4) is 0 Å². The van der Waals surface area contributed by atoms with Crippen LogP contribution in [-0.2, 0) is 18.3 Å². The number of likely N-dealkylation sites (tertiary alicyclic amines) is 1. The first-order valence-corrected chi connectivity index (χ1v) is 6.77. The van der Waals surface area contributed by atoms with E-state index < -0.39 is 17.6 Å². The number of nitrogens with zero attached hydrogens (tertiary/aromatic N) is 3. The number of β-amino-alcohol motifs (C(OH)–C–C–N with tert-alkyl or cyclic N) is 1.